The summed E-state index contributed by atoms with van der Waals surface area (Å²) in [5, 5.41) is 10.3. The summed E-state index contributed by atoms with van der Waals surface area (Å²) in [5.74, 6) is -0.486. The molecule has 2 aromatic heterocycles. The molecule has 0 aliphatic carbocycles. The monoisotopic (exact) mass is 445 g/mol. The van der Waals surface area contributed by atoms with Gasteiger partial charge in [-0.3, -0.25) is 4.90 Å². The molecular weight excluding hydrogens is 424 g/mol. The molecule has 158 valence electrons. The molecule has 1 aliphatic heterocycles. The molecule has 2 aromatic rings. The number of pyridine rings is 1. The van der Waals surface area contributed by atoms with Crippen LogP contribution in [0.2, 0.25) is 10.4 Å². The van der Waals surface area contributed by atoms with Gasteiger partial charge in [-0.2, -0.15) is 4.98 Å². The number of ether oxygens (including phenoxy) is 1. The fourth-order valence-electron chi connectivity index (χ4n) is 3.71. The van der Waals surface area contributed by atoms with Gasteiger partial charge >= 0.3 is 6.09 Å². The molecule has 1 saturated heterocycles. The van der Waals surface area contributed by atoms with Crippen LogP contribution in [0.3, 0.4) is 0 Å². The van der Waals surface area contributed by atoms with E-state index >= 15 is 0 Å². The summed E-state index contributed by atoms with van der Waals surface area (Å²) in [4.78, 5) is 27.8. The molecule has 11 heteroatoms. The Labute approximate surface area is 177 Å². The van der Waals surface area contributed by atoms with E-state index in [-0.39, 0.29) is 28.5 Å². The lowest BCUT2D eigenvalue weighted by Gasteiger charge is -2.46. The Bertz CT molecular complexity index is 940. The molecular formula is C18H22Cl2FN5O3. The van der Waals surface area contributed by atoms with E-state index in [4.69, 9.17) is 27.9 Å². The van der Waals surface area contributed by atoms with Crippen LogP contribution in [0, 0.1) is 5.82 Å². The van der Waals surface area contributed by atoms with Crippen molar-refractivity contribution in [1.29, 1.82) is 0 Å². The summed E-state index contributed by atoms with van der Waals surface area (Å²) in [5.41, 5.74) is -0.607. The highest BCUT2D eigenvalue weighted by Gasteiger charge is 2.39. The zero-order valence-electron chi connectivity index (χ0n) is 16.5. The van der Waals surface area contributed by atoms with Crippen molar-refractivity contribution in [2.24, 2.45) is 0 Å². The molecule has 8 nitrogen and oxygen atoms in total. The minimum Gasteiger partial charge on any atom is -0.453 e. The van der Waals surface area contributed by atoms with Crippen LogP contribution < -0.4 is 4.90 Å². The molecule has 3 rings (SSSR count). The van der Waals surface area contributed by atoms with Gasteiger partial charge in [0.15, 0.2) is 11.0 Å². The molecule has 1 aliphatic rings. The Kier molecular flexibility index (Phi) is 6.03. The van der Waals surface area contributed by atoms with Crippen molar-refractivity contribution in [1.82, 2.24) is 19.9 Å². The first-order chi connectivity index (χ1) is 13.5. The standard InChI is InChI=1S/C18H22Cl2FN5O3/c1-18(2,3)26(17(28)29-4)9-5-10(27)8-25(7-9)15-11-6-22-14(19)12(21)13(11)23-16(20)24-15/h6,9-10,27H,5,7-8H2,1-4H3/t9-,10-/m0/s1. The average molecular weight is 446 g/mol. The third kappa shape index (κ3) is 4.31. The maximum absolute atomic E-state index is 14.4. The topological polar surface area (TPSA) is 91.7 Å². The molecule has 0 saturated carbocycles. The molecule has 1 fully saturated rings. The average Bonchev–Trinajstić information content (AvgIpc) is 2.63. The summed E-state index contributed by atoms with van der Waals surface area (Å²) >= 11 is 11.8. The second-order valence-electron chi connectivity index (χ2n) is 7.90. The first-order valence-electron chi connectivity index (χ1n) is 9.00. The third-order valence-electron chi connectivity index (χ3n) is 4.76. The number of hydrogen-bond acceptors (Lipinski definition) is 7. The van der Waals surface area contributed by atoms with E-state index in [0.717, 1.165) is 0 Å². The Morgan fingerprint density at radius 2 is 2.03 bits per heavy atom. The number of anilines is 1. The van der Waals surface area contributed by atoms with Gasteiger partial charge in [0.05, 0.1) is 24.6 Å². The van der Waals surface area contributed by atoms with Gasteiger partial charge < -0.3 is 14.7 Å². The number of β-amino-alcohol motifs (C(OH)–C–C–N with tert-alkyl or cyclic N) is 1. The van der Waals surface area contributed by atoms with Crippen LogP contribution in [0.15, 0.2) is 6.20 Å². The zero-order valence-corrected chi connectivity index (χ0v) is 18.0. The molecule has 29 heavy (non-hydrogen) atoms. The van der Waals surface area contributed by atoms with Crippen molar-refractivity contribution in [3.8, 4) is 0 Å². The van der Waals surface area contributed by atoms with Gasteiger partial charge in [0, 0.05) is 24.8 Å². The van der Waals surface area contributed by atoms with E-state index in [1.165, 1.54) is 13.3 Å². The number of hydrogen-bond donors (Lipinski definition) is 1. The van der Waals surface area contributed by atoms with Crippen molar-refractivity contribution in [2.75, 3.05) is 25.1 Å². The maximum Gasteiger partial charge on any atom is 0.410 e. The van der Waals surface area contributed by atoms with Gasteiger partial charge in [-0.25, -0.2) is 19.2 Å². The number of methoxy groups -OCH3 is 1. The number of amides is 1. The Morgan fingerprint density at radius 3 is 2.66 bits per heavy atom. The predicted molar refractivity (Wildman–Crippen MR) is 108 cm³/mol. The zero-order chi connectivity index (χ0) is 21.5. The van der Waals surface area contributed by atoms with Gasteiger partial charge in [-0.15, -0.1) is 0 Å². The highest BCUT2D eigenvalue weighted by atomic mass is 35.5. The van der Waals surface area contributed by atoms with Crippen LogP contribution in [0.1, 0.15) is 27.2 Å². The van der Waals surface area contributed by atoms with Gasteiger partial charge in [0.1, 0.15) is 11.3 Å². The second kappa shape index (κ2) is 8.04. The van der Waals surface area contributed by atoms with Crippen LogP contribution in [0.25, 0.3) is 10.9 Å². The normalized spacial score (nSPS) is 20.1. The number of aromatic nitrogens is 3. The lowest BCUT2D eigenvalue weighted by atomic mass is 9.96. The number of aliphatic hydroxyl groups is 1. The highest BCUT2D eigenvalue weighted by molar-refractivity contribution is 6.30. The molecule has 0 aromatic carbocycles. The van der Waals surface area contributed by atoms with Crippen molar-refractivity contribution in [3.63, 3.8) is 0 Å². The smallest absolute Gasteiger partial charge is 0.410 e. The van der Waals surface area contributed by atoms with Crippen molar-refractivity contribution < 1.29 is 19.0 Å². The van der Waals surface area contributed by atoms with E-state index in [9.17, 15) is 14.3 Å². The van der Waals surface area contributed by atoms with Crippen LogP contribution in [0.5, 0.6) is 0 Å². The molecule has 0 radical (unpaired) electrons. The van der Waals surface area contributed by atoms with Gasteiger partial charge in [0.2, 0.25) is 5.28 Å². The van der Waals surface area contributed by atoms with Crippen molar-refractivity contribution >= 4 is 46.0 Å². The Balaban J connectivity index is 2.06. The van der Waals surface area contributed by atoms with E-state index in [1.807, 2.05) is 20.8 Å². The summed E-state index contributed by atoms with van der Waals surface area (Å²) in [7, 11) is 1.31. The highest BCUT2D eigenvalue weighted by Crippen LogP contribution is 2.32. The van der Waals surface area contributed by atoms with Gasteiger partial charge in [0.25, 0.3) is 0 Å². The maximum atomic E-state index is 14.4. The fraction of sp³-hybridized carbons (Fsp3) is 0.556. The number of nitrogens with zero attached hydrogens (tertiary/aromatic N) is 5. The molecule has 3 heterocycles. The molecule has 0 bridgehead atoms. The van der Waals surface area contributed by atoms with Crippen LogP contribution in [-0.4, -0.2) is 68.9 Å². The molecule has 1 amide bonds. The molecule has 1 N–H and O–H groups in total. The SMILES string of the molecule is COC(=O)N([C@H]1C[C@H](O)CN(c2nc(Cl)nc3c(F)c(Cl)ncc23)C1)C(C)(C)C. The van der Waals surface area contributed by atoms with Crippen molar-refractivity contribution in [3.05, 3.63) is 22.5 Å². The van der Waals surface area contributed by atoms with E-state index in [1.54, 1.807) is 9.80 Å². The Morgan fingerprint density at radius 1 is 1.34 bits per heavy atom. The number of aliphatic hydroxyl groups excluding tert-OH is 1. The number of rotatable bonds is 2. The van der Waals surface area contributed by atoms with Gasteiger partial charge in [-0.1, -0.05) is 11.6 Å². The molecule has 0 unspecified atom stereocenters. The summed E-state index contributed by atoms with van der Waals surface area (Å²) in [6, 6.07) is -0.375. The number of carbonyl (C=O) groups is 1. The molecule has 0 spiro atoms. The number of carbonyl (C=O) groups excluding carboxylic acids is 1. The summed E-state index contributed by atoms with van der Waals surface area (Å²) in [6.07, 6.45) is 0.473. The summed E-state index contributed by atoms with van der Waals surface area (Å²) < 4.78 is 19.4. The summed E-state index contributed by atoms with van der Waals surface area (Å²) in [6.45, 7) is 6.20. The Hall–Kier alpha value is -1.97. The third-order valence-corrected chi connectivity index (χ3v) is 5.19. The van der Waals surface area contributed by atoms with Crippen LogP contribution >= 0.6 is 23.2 Å². The predicted octanol–water partition coefficient (Wildman–Crippen LogP) is 3.28. The first kappa shape index (κ1) is 21.7. The lowest BCUT2D eigenvalue weighted by Crippen LogP contribution is -2.59. The van der Waals surface area contributed by atoms with Crippen LogP contribution in [0.4, 0.5) is 15.0 Å². The van der Waals surface area contributed by atoms with Crippen molar-refractivity contribution in [2.45, 2.75) is 44.9 Å². The van der Waals surface area contributed by atoms with E-state index in [2.05, 4.69) is 15.0 Å². The number of fused-ring (bicyclic) bond motifs is 1. The van der Waals surface area contributed by atoms with Gasteiger partial charge in [-0.05, 0) is 38.8 Å². The number of halogens is 3. The number of piperidine rings is 1. The molecule has 2 atom stereocenters. The largest absolute Gasteiger partial charge is 0.453 e. The minimum absolute atomic E-state index is 0.0581. The minimum atomic E-state index is -0.797. The lowest BCUT2D eigenvalue weighted by molar-refractivity contribution is 0.0290. The fourth-order valence-corrected chi connectivity index (χ4v) is 4.01. The van der Waals surface area contributed by atoms with E-state index < -0.39 is 23.6 Å². The quantitative estimate of drug-likeness (QED) is 0.559. The van der Waals surface area contributed by atoms with Crippen LogP contribution in [-0.2, 0) is 4.74 Å². The second-order valence-corrected chi connectivity index (χ2v) is 8.60. The van der Waals surface area contributed by atoms with E-state index in [0.29, 0.717) is 24.2 Å². The first-order valence-corrected chi connectivity index (χ1v) is 9.76.